The number of hydrogen-bond donors (Lipinski definition) is 0. The Labute approximate surface area is 195 Å². The summed E-state index contributed by atoms with van der Waals surface area (Å²) >= 11 is 0. The topological polar surface area (TPSA) is 60.9 Å². The summed E-state index contributed by atoms with van der Waals surface area (Å²) in [6, 6.07) is 24.4. The number of fused-ring (bicyclic) bond motifs is 1. The first-order chi connectivity index (χ1) is 15.9. The summed E-state index contributed by atoms with van der Waals surface area (Å²) in [7, 11) is -3.69. The highest BCUT2D eigenvalue weighted by Gasteiger charge is 2.33. The average molecular weight is 462 g/mol. The van der Waals surface area contributed by atoms with Gasteiger partial charge in [-0.25, -0.2) is 8.42 Å². The Kier molecular flexibility index (Phi) is 5.68. The Bertz CT molecular complexity index is 1270. The van der Waals surface area contributed by atoms with Gasteiger partial charge in [0, 0.05) is 49.2 Å². The van der Waals surface area contributed by atoms with Gasteiger partial charge < -0.3 is 9.80 Å². The van der Waals surface area contributed by atoms with Crippen molar-refractivity contribution in [2.24, 2.45) is 0 Å². The van der Waals surface area contributed by atoms with E-state index in [0.29, 0.717) is 31.7 Å². The van der Waals surface area contributed by atoms with E-state index in [-0.39, 0.29) is 16.8 Å². The van der Waals surface area contributed by atoms with Gasteiger partial charge in [-0.05, 0) is 55.3 Å². The lowest BCUT2D eigenvalue weighted by Crippen LogP contribution is -2.48. The number of rotatable bonds is 4. The van der Waals surface area contributed by atoms with E-state index >= 15 is 0 Å². The molecule has 33 heavy (non-hydrogen) atoms. The molecule has 0 saturated carbocycles. The van der Waals surface area contributed by atoms with Gasteiger partial charge in [-0.1, -0.05) is 42.5 Å². The second-order valence-corrected chi connectivity index (χ2v) is 10.5. The minimum absolute atomic E-state index is 0.0289. The van der Waals surface area contributed by atoms with Crippen molar-refractivity contribution in [1.82, 2.24) is 4.31 Å². The molecule has 5 rings (SSSR count). The molecule has 3 aromatic rings. The van der Waals surface area contributed by atoms with E-state index in [2.05, 4.69) is 4.90 Å². The molecule has 1 atom stereocenters. The molecule has 0 bridgehead atoms. The third kappa shape index (κ3) is 4.03. The summed E-state index contributed by atoms with van der Waals surface area (Å²) in [4.78, 5) is 17.5. The first kappa shape index (κ1) is 21.7. The molecule has 0 aromatic heterocycles. The van der Waals surface area contributed by atoms with Gasteiger partial charge in [-0.2, -0.15) is 4.31 Å². The highest BCUT2D eigenvalue weighted by atomic mass is 32.2. The zero-order valence-electron chi connectivity index (χ0n) is 18.6. The van der Waals surface area contributed by atoms with Crippen LogP contribution in [0.5, 0.6) is 0 Å². The van der Waals surface area contributed by atoms with Crippen LogP contribution in [0.1, 0.15) is 22.8 Å². The lowest BCUT2D eigenvalue weighted by molar-refractivity contribution is 0.0981. The van der Waals surface area contributed by atoms with Crippen LogP contribution < -0.4 is 9.80 Å². The van der Waals surface area contributed by atoms with Crippen LogP contribution in [0.15, 0.2) is 83.8 Å². The van der Waals surface area contributed by atoms with E-state index < -0.39 is 10.0 Å². The molecular weight excluding hydrogens is 434 g/mol. The lowest BCUT2D eigenvalue weighted by atomic mass is 10.1. The van der Waals surface area contributed by atoms with Crippen LogP contribution in [0.3, 0.4) is 0 Å². The third-order valence-electron chi connectivity index (χ3n) is 6.50. The second-order valence-electron chi connectivity index (χ2n) is 8.61. The van der Waals surface area contributed by atoms with Crippen LogP contribution >= 0.6 is 0 Å². The number of hydrogen-bond acceptors (Lipinski definition) is 4. The molecule has 0 N–H and O–H groups in total. The van der Waals surface area contributed by atoms with Gasteiger partial charge in [0.25, 0.3) is 5.91 Å². The molecule has 3 aromatic carbocycles. The van der Waals surface area contributed by atoms with Gasteiger partial charge in [-0.3, -0.25) is 4.79 Å². The first-order valence-electron chi connectivity index (χ1n) is 11.3. The van der Waals surface area contributed by atoms with Gasteiger partial charge in [0.15, 0.2) is 0 Å². The van der Waals surface area contributed by atoms with Crippen LogP contribution in [0, 0.1) is 0 Å². The predicted molar refractivity (Wildman–Crippen MR) is 130 cm³/mol. The van der Waals surface area contributed by atoms with Crippen LogP contribution in [0.25, 0.3) is 0 Å². The summed E-state index contributed by atoms with van der Waals surface area (Å²) in [5.41, 5.74) is 3.53. The molecule has 2 aliphatic rings. The standard InChI is InChI=1S/C26H27N3O3S/c1-20-18-21-8-5-6-13-25(21)29(20)26(30)22-9-7-12-24(19-22)33(31,32)28-16-14-27(15-17-28)23-10-3-2-4-11-23/h2-13,19-20H,14-18H2,1H3. The summed E-state index contributed by atoms with van der Waals surface area (Å²) in [5, 5.41) is 0. The Balaban J connectivity index is 1.35. The third-order valence-corrected chi connectivity index (χ3v) is 8.40. The summed E-state index contributed by atoms with van der Waals surface area (Å²) in [6.45, 7) is 4.09. The smallest absolute Gasteiger partial charge is 0.258 e. The van der Waals surface area contributed by atoms with Crippen LogP contribution in [-0.4, -0.2) is 50.9 Å². The highest BCUT2D eigenvalue weighted by molar-refractivity contribution is 7.89. The molecule has 1 amide bonds. The van der Waals surface area contributed by atoms with Crippen molar-refractivity contribution in [2.75, 3.05) is 36.0 Å². The van der Waals surface area contributed by atoms with Crippen molar-refractivity contribution in [3.63, 3.8) is 0 Å². The fourth-order valence-corrected chi connectivity index (χ4v) is 6.25. The number of sulfonamides is 1. The van der Waals surface area contributed by atoms with Crippen molar-refractivity contribution < 1.29 is 13.2 Å². The molecule has 0 radical (unpaired) electrons. The van der Waals surface area contributed by atoms with Crippen molar-refractivity contribution in [3.05, 3.63) is 90.0 Å². The Morgan fingerprint density at radius 1 is 0.848 bits per heavy atom. The minimum Gasteiger partial charge on any atom is -0.369 e. The fraction of sp³-hybridized carbons (Fsp3) is 0.269. The van der Waals surface area contributed by atoms with Crippen molar-refractivity contribution >= 4 is 27.3 Å². The normalized spacial score (nSPS) is 18.9. The Hall–Kier alpha value is -3.16. The summed E-state index contributed by atoms with van der Waals surface area (Å²) in [5.74, 6) is -0.168. The van der Waals surface area contributed by atoms with Crippen molar-refractivity contribution in [2.45, 2.75) is 24.3 Å². The van der Waals surface area contributed by atoms with Gasteiger partial charge in [0.05, 0.1) is 4.90 Å². The largest absolute Gasteiger partial charge is 0.369 e. The molecule has 7 heteroatoms. The zero-order chi connectivity index (χ0) is 23.0. The van der Waals surface area contributed by atoms with Crippen LogP contribution in [-0.2, 0) is 16.4 Å². The molecule has 2 aliphatic heterocycles. The number of amides is 1. The highest BCUT2D eigenvalue weighted by Crippen LogP contribution is 2.33. The van der Waals surface area contributed by atoms with E-state index in [0.717, 1.165) is 23.4 Å². The molecule has 1 unspecified atom stereocenters. The van der Waals surface area contributed by atoms with E-state index in [1.165, 1.54) is 10.4 Å². The van der Waals surface area contributed by atoms with E-state index in [1.54, 1.807) is 23.1 Å². The number of anilines is 2. The van der Waals surface area contributed by atoms with Gasteiger partial charge >= 0.3 is 0 Å². The fourth-order valence-electron chi connectivity index (χ4n) is 4.78. The number of carbonyl (C=O) groups is 1. The minimum atomic E-state index is -3.69. The summed E-state index contributed by atoms with van der Waals surface area (Å²) < 4.78 is 28.3. The van der Waals surface area contributed by atoms with Gasteiger partial charge in [0.1, 0.15) is 0 Å². The number of nitrogens with zero attached hydrogens (tertiary/aromatic N) is 3. The summed E-state index contributed by atoms with van der Waals surface area (Å²) in [6.07, 6.45) is 0.797. The van der Waals surface area contributed by atoms with E-state index in [4.69, 9.17) is 0 Å². The van der Waals surface area contributed by atoms with Crippen LogP contribution in [0.4, 0.5) is 11.4 Å². The maximum absolute atomic E-state index is 13.4. The first-order valence-corrected chi connectivity index (χ1v) is 12.7. The maximum Gasteiger partial charge on any atom is 0.258 e. The second kappa shape index (κ2) is 8.65. The molecule has 0 aliphatic carbocycles. The number of para-hydroxylation sites is 2. The Morgan fingerprint density at radius 2 is 1.55 bits per heavy atom. The molecule has 6 nitrogen and oxygen atoms in total. The van der Waals surface area contributed by atoms with Crippen LogP contribution in [0.2, 0.25) is 0 Å². The molecule has 170 valence electrons. The van der Waals surface area contributed by atoms with Crippen molar-refractivity contribution in [3.8, 4) is 0 Å². The Morgan fingerprint density at radius 3 is 2.30 bits per heavy atom. The molecule has 1 fully saturated rings. The lowest BCUT2D eigenvalue weighted by Gasteiger charge is -2.35. The quantitative estimate of drug-likeness (QED) is 0.593. The predicted octanol–water partition coefficient (Wildman–Crippen LogP) is 3.79. The van der Waals surface area contributed by atoms with E-state index in [1.807, 2.05) is 61.5 Å². The number of piperazine rings is 1. The van der Waals surface area contributed by atoms with Gasteiger partial charge in [-0.15, -0.1) is 0 Å². The number of benzene rings is 3. The van der Waals surface area contributed by atoms with E-state index in [9.17, 15) is 13.2 Å². The maximum atomic E-state index is 13.4. The molecule has 1 saturated heterocycles. The number of carbonyl (C=O) groups excluding carboxylic acids is 1. The molecule has 0 spiro atoms. The van der Waals surface area contributed by atoms with Gasteiger partial charge in [0.2, 0.25) is 10.0 Å². The monoisotopic (exact) mass is 461 g/mol. The SMILES string of the molecule is CC1Cc2ccccc2N1C(=O)c1cccc(S(=O)(=O)N2CCN(c3ccccc3)CC2)c1. The zero-order valence-corrected chi connectivity index (χ0v) is 19.4. The molecule has 2 heterocycles. The average Bonchev–Trinajstić information content (AvgIpc) is 3.20. The molecular formula is C26H27N3O3S. The van der Waals surface area contributed by atoms with Crippen molar-refractivity contribution in [1.29, 1.82) is 0 Å².